The number of hydrogen-bond acceptors (Lipinski definition) is 7. The third-order valence-corrected chi connectivity index (χ3v) is 9.13. The van der Waals surface area contributed by atoms with Crippen LogP contribution in [0.4, 0.5) is 14.9 Å². The number of anilines is 1. The first-order chi connectivity index (χ1) is 21.4. The number of urea groups is 1. The average molecular weight is 664 g/mol. The van der Waals surface area contributed by atoms with Crippen molar-refractivity contribution < 1.29 is 31.7 Å². The van der Waals surface area contributed by atoms with Crippen molar-refractivity contribution in [2.75, 3.05) is 37.8 Å². The number of benzene rings is 2. The first-order valence-electron chi connectivity index (χ1n) is 14.1. The summed E-state index contributed by atoms with van der Waals surface area (Å²) < 4.78 is 53.0. The van der Waals surface area contributed by atoms with Crippen molar-refractivity contribution in [3.05, 3.63) is 79.8 Å². The van der Waals surface area contributed by atoms with Crippen molar-refractivity contribution in [3.8, 4) is 16.9 Å². The zero-order chi connectivity index (χ0) is 32.5. The molecule has 1 fully saturated rings. The van der Waals surface area contributed by atoms with Crippen LogP contribution in [0.15, 0.2) is 52.2 Å². The van der Waals surface area contributed by atoms with E-state index in [-0.39, 0.29) is 23.2 Å². The highest BCUT2D eigenvalue weighted by atomic mass is 35.5. The molecule has 0 atom stereocenters. The quantitative estimate of drug-likeness (QED) is 0.348. The van der Waals surface area contributed by atoms with Gasteiger partial charge in [0, 0.05) is 49.7 Å². The van der Waals surface area contributed by atoms with E-state index < -0.39 is 57.0 Å². The first kappa shape index (κ1) is 32.2. The molecule has 0 unspecified atom stereocenters. The van der Waals surface area contributed by atoms with E-state index in [0.29, 0.717) is 49.2 Å². The molecule has 3 heterocycles. The summed E-state index contributed by atoms with van der Waals surface area (Å²) in [7, 11) is -2.97. The summed E-state index contributed by atoms with van der Waals surface area (Å²) in [4.78, 5) is 56.2. The molecule has 0 bridgehead atoms. The van der Waals surface area contributed by atoms with Gasteiger partial charge in [-0.15, -0.1) is 0 Å². The van der Waals surface area contributed by atoms with Crippen LogP contribution in [0.1, 0.15) is 18.4 Å². The number of piperidine rings is 1. The van der Waals surface area contributed by atoms with Crippen LogP contribution >= 0.6 is 11.6 Å². The third-order valence-electron chi connectivity index (χ3n) is 8.05. The van der Waals surface area contributed by atoms with Gasteiger partial charge < -0.3 is 19.9 Å². The molecule has 16 heteroatoms. The minimum absolute atomic E-state index is 0.0550. The first-order valence-corrected chi connectivity index (χ1v) is 16.1. The van der Waals surface area contributed by atoms with Gasteiger partial charge in [0.25, 0.3) is 15.7 Å². The molecule has 5 rings (SSSR count). The van der Waals surface area contributed by atoms with E-state index in [2.05, 4.69) is 5.32 Å². The van der Waals surface area contributed by atoms with Gasteiger partial charge in [-0.2, -0.15) is 8.42 Å². The number of likely N-dealkylation sites (tertiary alicyclic amines) is 1. The number of amides is 3. The van der Waals surface area contributed by atoms with E-state index in [9.17, 15) is 36.5 Å². The van der Waals surface area contributed by atoms with Crippen LogP contribution in [0.3, 0.4) is 0 Å². The smallest absolute Gasteiger partial charge is 0.331 e. The SMILES string of the molecule is COc1ccc2c(c1)CCN(C1CCN(C(=O)Cn3cc(-c4cccc(F)c4Cl)c(=O)n(CCS(=O)(=O)O)c3=O)CC1)C(=O)N2. The number of halogens is 2. The standard InChI is InChI=1S/C29H31ClFN5O8S/c1-44-20-5-6-24-18(15-20)7-12-35(28(39)32-24)19-8-10-33(11-9-19)25(37)17-34-16-22(21-3-2-4-23(31)26(21)30)27(38)36(29(34)40)13-14-45(41,42)43/h2-6,15-16,19H,7-14,17H2,1H3,(H,32,39)(H,41,42,43). The molecule has 45 heavy (non-hydrogen) atoms. The monoisotopic (exact) mass is 663 g/mol. The second-order valence-corrected chi connectivity index (χ2v) is 12.8. The number of hydrogen-bond donors (Lipinski definition) is 2. The van der Waals surface area contributed by atoms with Gasteiger partial charge >= 0.3 is 11.7 Å². The maximum atomic E-state index is 14.2. The average Bonchev–Trinajstić information content (AvgIpc) is 3.17. The minimum Gasteiger partial charge on any atom is -0.497 e. The van der Waals surface area contributed by atoms with Gasteiger partial charge in [0.2, 0.25) is 5.91 Å². The lowest BCUT2D eigenvalue weighted by Gasteiger charge is -2.38. The Labute approximate surface area is 262 Å². The van der Waals surface area contributed by atoms with Gasteiger partial charge in [-0.25, -0.2) is 14.0 Å². The van der Waals surface area contributed by atoms with E-state index in [1.54, 1.807) is 29.0 Å². The third kappa shape index (κ3) is 7.05. The molecule has 240 valence electrons. The lowest BCUT2D eigenvalue weighted by molar-refractivity contribution is -0.133. The fourth-order valence-corrected chi connectivity index (χ4v) is 6.28. The van der Waals surface area contributed by atoms with Crippen LogP contribution in [0, 0.1) is 5.82 Å². The lowest BCUT2D eigenvalue weighted by Crippen LogP contribution is -2.51. The van der Waals surface area contributed by atoms with E-state index in [4.69, 9.17) is 16.3 Å². The Hall–Kier alpha value is -4.21. The number of aromatic nitrogens is 2. The summed E-state index contributed by atoms with van der Waals surface area (Å²) in [5.41, 5.74) is -0.553. The van der Waals surface area contributed by atoms with E-state index in [1.165, 1.54) is 12.1 Å². The maximum Gasteiger partial charge on any atom is 0.331 e. The van der Waals surface area contributed by atoms with Crippen molar-refractivity contribution in [2.24, 2.45) is 0 Å². The number of fused-ring (bicyclic) bond motifs is 1. The largest absolute Gasteiger partial charge is 0.497 e. The molecule has 3 aromatic rings. The highest BCUT2D eigenvalue weighted by molar-refractivity contribution is 7.85. The predicted molar refractivity (Wildman–Crippen MR) is 164 cm³/mol. The molecule has 0 aliphatic carbocycles. The van der Waals surface area contributed by atoms with Gasteiger partial charge in [-0.05, 0) is 49.1 Å². The van der Waals surface area contributed by atoms with Crippen LogP contribution in [-0.4, -0.2) is 82.4 Å². The van der Waals surface area contributed by atoms with Crippen LogP contribution in [0.2, 0.25) is 5.02 Å². The van der Waals surface area contributed by atoms with Crippen molar-refractivity contribution in [1.82, 2.24) is 18.9 Å². The fraction of sp³-hybridized carbons (Fsp3) is 0.379. The molecule has 0 saturated carbocycles. The molecule has 2 aliphatic rings. The van der Waals surface area contributed by atoms with E-state index in [0.717, 1.165) is 28.1 Å². The number of rotatable bonds is 8. The minimum atomic E-state index is -4.55. The number of nitrogens with one attached hydrogen (secondary N) is 1. The lowest BCUT2D eigenvalue weighted by atomic mass is 10.0. The zero-order valence-electron chi connectivity index (χ0n) is 24.2. The molecular formula is C29H31ClFN5O8S. The van der Waals surface area contributed by atoms with E-state index >= 15 is 0 Å². The van der Waals surface area contributed by atoms with Gasteiger partial charge in [-0.1, -0.05) is 23.7 Å². The Balaban J connectivity index is 1.33. The molecule has 2 aliphatic heterocycles. The summed E-state index contributed by atoms with van der Waals surface area (Å²) in [6, 6.07) is 8.86. The number of carbonyl (C=O) groups excluding carboxylic acids is 2. The Morgan fingerprint density at radius 1 is 1.11 bits per heavy atom. The molecule has 0 spiro atoms. The topological polar surface area (TPSA) is 160 Å². The molecule has 1 saturated heterocycles. The van der Waals surface area contributed by atoms with Gasteiger partial charge in [-0.3, -0.25) is 23.3 Å². The summed E-state index contributed by atoms with van der Waals surface area (Å²) in [6.07, 6.45) is 2.70. The Morgan fingerprint density at radius 2 is 1.84 bits per heavy atom. The Morgan fingerprint density at radius 3 is 2.53 bits per heavy atom. The molecular weight excluding hydrogens is 633 g/mol. The van der Waals surface area contributed by atoms with Gasteiger partial charge in [0.05, 0.1) is 23.4 Å². The summed E-state index contributed by atoms with van der Waals surface area (Å²) in [5, 5.41) is 2.55. The van der Waals surface area contributed by atoms with Gasteiger partial charge in [0.1, 0.15) is 18.1 Å². The summed E-state index contributed by atoms with van der Waals surface area (Å²) in [6.45, 7) is -0.125. The highest BCUT2D eigenvalue weighted by Crippen LogP contribution is 2.29. The number of nitrogens with zero attached hydrogens (tertiary/aromatic N) is 4. The second kappa shape index (κ2) is 13.0. The zero-order valence-corrected chi connectivity index (χ0v) is 25.8. The molecule has 0 radical (unpaired) electrons. The van der Waals surface area contributed by atoms with Gasteiger partial charge in [0.15, 0.2) is 0 Å². The highest BCUT2D eigenvalue weighted by Gasteiger charge is 2.32. The number of ether oxygens (including phenoxy) is 1. The molecule has 1 aromatic heterocycles. The van der Waals surface area contributed by atoms with E-state index in [1.807, 2.05) is 6.07 Å². The number of methoxy groups -OCH3 is 1. The van der Waals surface area contributed by atoms with Crippen molar-refractivity contribution in [1.29, 1.82) is 0 Å². The maximum absolute atomic E-state index is 14.2. The molecule has 2 N–H and O–H groups in total. The normalized spacial score (nSPS) is 15.8. The van der Waals surface area contributed by atoms with Crippen molar-refractivity contribution >= 4 is 39.3 Å². The number of carbonyl (C=O) groups is 2. The Kier molecular flexibility index (Phi) is 9.32. The fourth-order valence-electron chi connectivity index (χ4n) is 5.64. The Bertz CT molecular complexity index is 1870. The molecule has 3 amide bonds. The van der Waals surface area contributed by atoms with Crippen LogP contribution in [0.5, 0.6) is 5.75 Å². The second-order valence-electron chi connectivity index (χ2n) is 10.8. The predicted octanol–water partition coefficient (Wildman–Crippen LogP) is 2.45. The van der Waals surface area contributed by atoms with Crippen molar-refractivity contribution in [2.45, 2.75) is 38.4 Å². The van der Waals surface area contributed by atoms with Crippen molar-refractivity contribution in [3.63, 3.8) is 0 Å². The van der Waals surface area contributed by atoms with Crippen LogP contribution in [-0.2, 0) is 34.4 Å². The van der Waals surface area contributed by atoms with Crippen LogP contribution < -0.4 is 21.3 Å². The van der Waals surface area contributed by atoms with Crippen LogP contribution in [0.25, 0.3) is 11.1 Å². The molecule has 13 nitrogen and oxygen atoms in total. The summed E-state index contributed by atoms with van der Waals surface area (Å²) >= 11 is 6.10. The summed E-state index contributed by atoms with van der Waals surface area (Å²) in [5.74, 6) is -1.52. The molecule has 2 aromatic carbocycles.